The molecule has 4 nitrogen and oxygen atoms in total. The van der Waals surface area contributed by atoms with E-state index >= 15 is 0 Å². The number of carbonyl (C=O) groups is 2. The zero-order valence-electron chi connectivity index (χ0n) is 10.0. The number of hydrogen-bond donors (Lipinski definition) is 1. The van der Waals surface area contributed by atoms with Gasteiger partial charge in [0.1, 0.15) is 0 Å². The Morgan fingerprint density at radius 1 is 1.31 bits per heavy atom. The SMILES string of the molecule is CNC(=O)C1CCN(C(=O)C(C)(C)Br)CC1. The second-order valence-electron chi connectivity index (χ2n) is 4.65. The van der Waals surface area contributed by atoms with E-state index in [2.05, 4.69) is 21.2 Å². The molecule has 16 heavy (non-hydrogen) atoms. The van der Waals surface area contributed by atoms with Crippen molar-refractivity contribution in [2.75, 3.05) is 20.1 Å². The van der Waals surface area contributed by atoms with Crippen LogP contribution in [0.2, 0.25) is 0 Å². The molecule has 1 heterocycles. The molecule has 0 atom stereocenters. The average Bonchev–Trinajstić information content (AvgIpc) is 2.26. The molecule has 1 aliphatic rings. The van der Waals surface area contributed by atoms with Crippen LogP contribution in [-0.4, -0.2) is 41.2 Å². The van der Waals surface area contributed by atoms with E-state index in [-0.39, 0.29) is 17.7 Å². The Labute approximate surface area is 105 Å². The summed E-state index contributed by atoms with van der Waals surface area (Å²) < 4.78 is -0.507. The fourth-order valence-electron chi connectivity index (χ4n) is 1.92. The third-order valence-electron chi connectivity index (χ3n) is 2.91. The number of carbonyl (C=O) groups excluding carboxylic acids is 2. The molecule has 2 amide bonds. The highest BCUT2D eigenvalue weighted by Gasteiger charge is 2.33. The Hall–Kier alpha value is -0.580. The maximum atomic E-state index is 11.9. The number of nitrogens with zero attached hydrogens (tertiary/aromatic N) is 1. The van der Waals surface area contributed by atoms with Gasteiger partial charge in [-0.1, -0.05) is 15.9 Å². The predicted molar refractivity (Wildman–Crippen MR) is 66.4 cm³/mol. The van der Waals surface area contributed by atoms with Crippen LogP contribution in [0.4, 0.5) is 0 Å². The standard InChI is InChI=1S/C11H19BrN2O2/c1-11(2,12)10(16)14-6-4-8(5-7-14)9(15)13-3/h8H,4-7H2,1-3H3,(H,13,15). The number of alkyl halides is 1. The number of amides is 2. The number of nitrogens with one attached hydrogen (secondary N) is 1. The first kappa shape index (κ1) is 13.5. The Morgan fingerprint density at radius 3 is 2.19 bits per heavy atom. The van der Waals surface area contributed by atoms with Crippen LogP contribution in [0.3, 0.4) is 0 Å². The van der Waals surface area contributed by atoms with Gasteiger partial charge in [0, 0.05) is 26.1 Å². The summed E-state index contributed by atoms with van der Waals surface area (Å²) in [6.07, 6.45) is 1.52. The summed E-state index contributed by atoms with van der Waals surface area (Å²) in [5.41, 5.74) is 0. The van der Waals surface area contributed by atoms with Gasteiger partial charge >= 0.3 is 0 Å². The van der Waals surface area contributed by atoms with Crippen LogP contribution in [0.5, 0.6) is 0 Å². The van der Waals surface area contributed by atoms with Gasteiger partial charge in [-0.25, -0.2) is 0 Å². The second-order valence-corrected chi connectivity index (χ2v) is 6.64. The lowest BCUT2D eigenvalue weighted by Gasteiger charge is -2.34. The first-order chi connectivity index (χ1) is 7.36. The number of rotatable bonds is 2. The maximum Gasteiger partial charge on any atom is 0.238 e. The Bertz CT molecular complexity index is 278. The molecule has 0 unspecified atom stereocenters. The minimum Gasteiger partial charge on any atom is -0.359 e. The van der Waals surface area contributed by atoms with Crippen LogP contribution in [0.15, 0.2) is 0 Å². The molecule has 0 radical (unpaired) electrons. The van der Waals surface area contributed by atoms with Crippen LogP contribution in [0.1, 0.15) is 26.7 Å². The minimum absolute atomic E-state index is 0.0625. The van der Waals surface area contributed by atoms with Gasteiger partial charge in [0.25, 0.3) is 0 Å². The monoisotopic (exact) mass is 290 g/mol. The molecule has 1 rings (SSSR count). The molecular weight excluding hydrogens is 272 g/mol. The average molecular weight is 291 g/mol. The molecule has 0 aromatic carbocycles. The Morgan fingerprint density at radius 2 is 1.81 bits per heavy atom. The van der Waals surface area contributed by atoms with E-state index in [1.165, 1.54) is 0 Å². The van der Waals surface area contributed by atoms with Gasteiger partial charge in [-0.15, -0.1) is 0 Å². The Balaban J connectivity index is 2.49. The molecular formula is C11H19BrN2O2. The first-order valence-electron chi connectivity index (χ1n) is 5.56. The molecule has 1 N–H and O–H groups in total. The van der Waals surface area contributed by atoms with E-state index in [0.29, 0.717) is 13.1 Å². The number of likely N-dealkylation sites (tertiary alicyclic amines) is 1. The van der Waals surface area contributed by atoms with Crippen LogP contribution in [-0.2, 0) is 9.59 Å². The topological polar surface area (TPSA) is 49.4 Å². The van der Waals surface area contributed by atoms with Gasteiger partial charge in [-0.05, 0) is 26.7 Å². The van der Waals surface area contributed by atoms with Crippen LogP contribution < -0.4 is 5.32 Å². The van der Waals surface area contributed by atoms with Gasteiger partial charge < -0.3 is 10.2 Å². The number of hydrogen-bond acceptors (Lipinski definition) is 2. The summed E-state index contributed by atoms with van der Waals surface area (Å²) in [5, 5.41) is 2.66. The van der Waals surface area contributed by atoms with Gasteiger partial charge in [0.15, 0.2) is 0 Å². The largest absolute Gasteiger partial charge is 0.359 e. The molecule has 92 valence electrons. The van der Waals surface area contributed by atoms with Gasteiger partial charge in [0.05, 0.1) is 4.32 Å². The second kappa shape index (κ2) is 5.17. The molecule has 1 saturated heterocycles. The number of halogens is 1. The van der Waals surface area contributed by atoms with Crippen molar-refractivity contribution in [2.24, 2.45) is 5.92 Å². The van der Waals surface area contributed by atoms with Crippen molar-refractivity contribution >= 4 is 27.7 Å². The van der Waals surface area contributed by atoms with E-state index in [1.807, 2.05) is 18.7 Å². The molecule has 0 aromatic heterocycles. The third-order valence-corrected chi connectivity index (χ3v) is 3.25. The lowest BCUT2D eigenvalue weighted by Crippen LogP contribution is -2.47. The molecule has 0 aliphatic carbocycles. The summed E-state index contributed by atoms with van der Waals surface area (Å²) in [7, 11) is 1.65. The van der Waals surface area contributed by atoms with Crippen LogP contribution >= 0.6 is 15.9 Å². The quantitative estimate of drug-likeness (QED) is 0.776. The first-order valence-corrected chi connectivity index (χ1v) is 6.35. The zero-order valence-corrected chi connectivity index (χ0v) is 11.6. The predicted octanol–water partition coefficient (Wildman–Crippen LogP) is 1.14. The summed E-state index contributed by atoms with van der Waals surface area (Å²) in [4.78, 5) is 25.2. The lowest BCUT2D eigenvalue weighted by molar-refractivity contribution is -0.136. The van der Waals surface area contributed by atoms with E-state index in [4.69, 9.17) is 0 Å². The maximum absolute atomic E-state index is 11.9. The van der Waals surface area contributed by atoms with Crippen molar-refractivity contribution in [1.29, 1.82) is 0 Å². The lowest BCUT2D eigenvalue weighted by atomic mass is 9.95. The molecule has 1 aliphatic heterocycles. The van der Waals surface area contributed by atoms with E-state index in [0.717, 1.165) is 12.8 Å². The summed E-state index contributed by atoms with van der Waals surface area (Å²) in [6, 6.07) is 0. The van der Waals surface area contributed by atoms with Gasteiger partial charge in [-0.3, -0.25) is 9.59 Å². The van der Waals surface area contributed by atoms with Crippen LogP contribution in [0.25, 0.3) is 0 Å². The summed E-state index contributed by atoms with van der Waals surface area (Å²) >= 11 is 3.37. The molecule has 5 heteroatoms. The van der Waals surface area contributed by atoms with Gasteiger partial charge in [0.2, 0.25) is 11.8 Å². The van der Waals surface area contributed by atoms with Crippen molar-refractivity contribution in [2.45, 2.75) is 31.0 Å². The van der Waals surface area contributed by atoms with Gasteiger partial charge in [-0.2, -0.15) is 0 Å². The molecule has 0 aromatic rings. The van der Waals surface area contributed by atoms with Crippen LogP contribution in [0, 0.1) is 5.92 Å². The molecule has 1 fully saturated rings. The fraction of sp³-hybridized carbons (Fsp3) is 0.818. The molecule has 0 spiro atoms. The van der Waals surface area contributed by atoms with E-state index < -0.39 is 4.32 Å². The number of piperidine rings is 1. The van der Waals surface area contributed by atoms with Crippen molar-refractivity contribution in [3.8, 4) is 0 Å². The van der Waals surface area contributed by atoms with Crippen molar-refractivity contribution in [3.05, 3.63) is 0 Å². The highest BCUT2D eigenvalue weighted by atomic mass is 79.9. The highest BCUT2D eigenvalue weighted by Crippen LogP contribution is 2.24. The zero-order chi connectivity index (χ0) is 12.3. The van der Waals surface area contributed by atoms with E-state index in [1.54, 1.807) is 7.05 Å². The normalized spacial score (nSPS) is 18.4. The summed E-state index contributed by atoms with van der Waals surface area (Å²) in [5.74, 6) is 0.251. The highest BCUT2D eigenvalue weighted by molar-refractivity contribution is 9.10. The fourth-order valence-corrected chi connectivity index (χ4v) is 2.18. The minimum atomic E-state index is -0.507. The smallest absolute Gasteiger partial charge is 0.238 e. The Kier molecular flexibility index (Phi) is 4.35. The van der Waals surface area contributed by atoms with E-state index in [9.17, 15) is 9.59 Å². The molecule has 0 bridgehead atoms. The molecule has 0 saturated carbocycles. The van der Waals surface area contributed by atoms with Crippen molar-refractivity contribution in [1.82, 2.24) is 10.2 Å². The summed E-state index contributed by atoms with van der Waals surface area (Å²) in [6.45, 7) is 5.04. The third kappa shape index (κ3) is 3.20. The van der Waals surface area contributed by atoms with Crippen molar-refractivity contribution < 1.29 is 9.59 Å². The van der Waals surface area contributed by atoms with Crippen molar-refractivity contribution in [3.63, 3.8) is 0 Å².